The van der Waals surface area contributed by atoms with E-state index in [9.17, 15) is 4.79 Å². The highest BCUT2D eigenvalue weighted by Crippen LogP contribution is 2.28. The fourth-order valence-corrected chi connectivity index (χ4v) is 3.75. The van der Waals surface area contributed by atoms with Crippen LogP contribution < -0.4 is 5.32 Å². The van der Waals surface area contributed by atoms with Crippen molar-refractivity contribution in [1.29, 1.82) is 0 Å². The van der Waals surface area contributed by atoms with Gasteiger partial charge in [-0.05, 0) is 24.3 Å². The summed E-state index contributed by atoms with van der Waals surface area (Å²) >= 11 is 8.80. The second-order valence-corrected chi connectivity index (χ2v) is 7.16. The smallest absolute Gasteiger partial charge is 0.210 e. The molecule has 0 radical (unpaired) electrons. The highest BCUT2D eigenvalue weighted by Gasteiger charge is 2.12. The summed E-state index contributed by atoms with van der Waals surface area (Å²) < 4.78 is 0.740. The fraction of sp³-hybridized carbons (Fsp3) is 0.0625. The van der Waals surface area contributed by atoms with Crippen LogP contribution in [0.2, 0.25) is 5.02 Å². The monoisotopic (exact) mass is 361 g/mol. The lowest BCUT2D eigenvalue weighted by molar-refractivity contribution is 0.102. The molecule has 0 aliphatic rings. The first-order valence-corrected chi connectivity index (χ1v) is 8.96. The number of para-hydroxylation sites is 1. The van der Waals surface area contributed by atoms with Gasteiger partial charge in [-0.3, -0.25) is 4.79 Å². The average Bonchev–Trinajstić information content (AvgIpc) is 3.01. The summed E-state index contributed by atoms with van der Waals surface area (Å²) in [4.78, 5) is 12.2. The summed E-state index contributed by atoms with van der Waals surface area (Å²) in [5.74, 6) is 0.261. The minimum atomic E-state index is -0.0200. The summed E-state index contributed by atoms with van der Waals surface area (Å²) in [7, 11) is 0. The molecule has 0 saturated heterocycles. The van der Waals surface area contributed by atoms with Crippen LogP contribution in [0.5, 0.6) is 0 Å². The number of carbonyl (C=O) groups excluding carboxylic acids is 1. The third kappa shape index (κ3) is 4.31. The van der Waals surface area contributed by atoms with E-state index in [0.717, 1.165) is 10.0 Å². The van der Waals surface area contributed by atoms with Crippen LogP contribution in [0.3, 0.4) is 0 Å². The molecule has 0 aliphatic carbocycles. The highest BCUT2D eigenvalue weighted by molar-refractivity contribution is 8.01. The number of nitrogens with one attached hydrogen (secondary N) is 1. The quantitative estimate of drug-likeness (QED) is 0.499. The van der Waals surface area contributed by atoms with Crippen LogP contribution >= 0.6 is 34.7 Å². The van der Waals surface area contributed by atoms with Gasteiger partial charge in [0.15, 0.2) is 10.1 Å². The summed E-state index contributed by atoms with van der Waals surface area (Å²) in [6.45, 7) is 0. The predicted molar refractivity (Wildman–Crippen MR) is 96.1 cm³/mol. The van der Waals surface area contributed by atoms with Gasteiger partial charge in [0.25, 0.3) is 0 Å². The van der Waals surface area contributed by atoms with Crippen molar-refractivity contribution in [1.82, 2.24) is 10.2 Å². The third-order valence-corrected chi connectivity index (χ3v) is 5.23. The van der Waals surface area contributed by atoms with E-state index in [4.69, 9.17) is 11.6 Å². The Balaban J connectivity index is 1.59. The number of halogens is 1. The Hall–Kier alpha value is -1.89. The Bertz CT molecular complexity index is 808. The molecule has 3 rings (SSSR count). The van der Waals surface area contributed by atoms with Crippen LogP contribution in [0, 0.1) is 0 Å². The van der Waals surface area contributed by atoms with Gasteiger partial charge in [-0.25, -0.2) is 0 Å². The standard InChI is InChI=1S/C16H12ClN3OS2/c17-13-9-5-4-8-12(13)14(21)10-22-16-20-19-15(23-16)18-11-6-2-1-3-7-11/h1-9H,10H2,(H,18,19). The number of anilines is 2. The zero-order valence-corrected chi connectivity index (χ0v) is 14.3. The summed E-state index contributed by atoms with van der Waals surface area (Å²) in [5.41, 5.74) is 1.49. The van der Waals surface area contributed by atoms with E-state index in [0.29, 0.717) is 15.7 Å². The van der Waals surface area contributed by atoms with E-state index < -0.39 is 0 Å². The summed E-state index contributed by atoms with van der Waals surface area (Å²) in [5, 5.41) is 12.5. The lowest BCUT2D eigenvalue weighted by Crippen LogP contribution is -2.02. The van der Waals surface area contributed by atoms with Crippen molar-refractivity contribution >= 4 is 51.3 Å². The zero-order valence-electron chi connectivity index (χ0n) is 11.9. The topological polar surface area (TPSA) is 54.9 Å². The molecule has 116 valence electrons. The molecular formula is C16H12ClN3OS2. The van der Waals surface area contributed by atoms with E-state index >= 15 is 0 Å². The van der Waals surface area contributed by atoms with Crippen LogP contribution in [-0.2, 0) is 0 Å². The van der Waals surface area contributed by atoms with Gasteiger partial charge in [0.2, 0.25) is 5.13 Å². The van der Waals surface area contributed by atoms with Gasteiger partial charge < -0.3 is 5.32 Å². The lowest BCUT2D eigenvalue weighted by atomic mass is 10.1. The molecule has 0 spiro atoms. The largest absolute Gasteiger partial charge is 0.330 e. The number of thioether (sulfide) groups is 1. The average molecular weight is 362 g/mol. The molecule has 23 heavy (non-hydrogen) atoms. The Morgan fingerprint density at radius 3 is 2.61 bits per heavy atom. The van der Waals surface area contributed by atoms with Crippen molar-refractivity contribution in [3.05, 3.63) is 65.2 Å². The van der Waals surface area contributed by atoms with Crippen molar-refractivity contribution in [2.75, 3.05) is 11.1 Å². The first-order chi connectivity index (χ1) is 11.2. The molecule has 0 fully saturated rings. The predicted octanol–water partition coefficient (Wildman–Crippen LogP) is 4.91. The fourth-order valence-electron chi connectivity index (χ4n) is 1.86. The minimum absolute atomic E-state index is 0.0200. The molecule has 1 N–H and O–H groups in total. The van der Waals surface area contributed by atoms with E-state index in [2.05, 4.69) is 15.5 Å². The number of rotatable bonds is 6. The Kier molecular flexibility index (Phi) is 5.27. The molecule has 0 bridgehead atoms. The number of Topliss-reactive ketones (excluding diaryl/α,β-unsaturated/α-hetero) is 1. The van der Waals surface area contributed by atoms with Crippen molar-refractivity contribution in [2.24, 2.45) is 0 Å². The highest BCUT2D eigenvalue weighted by atomic mass is 35.5. The summed E-state index contributed by atoms with van der Waals surface area (Å²) in [6.07, 6.45) is 0. The van der Waals surface area contributed by atoms with Gasteiger partial charge >= 0.3 is 0 Å². The van der Waals surface area contributed by atoms with Crippen LogP contribution in [-0.4, -0.2) is 21.7 Å². The zero-order chi connectivity index (χ0) is 16.1. The van der Waals surface area contributed by atoms with Crippen LogP contribution in [0.15, 0.2) is 58.9 Å². The van der Waals surface area contributed by atoms with Crippen LogP contribution in [0.25, 0.3) is 0 Å². The maximum absolute atomic E-state index is 12.2. The second kappa shape index (κ2) is 7.59. The maximum Gasteiger partial charge on any atom is 0.210 e. The van der Waals surface area contributed by atoms with Crippen molar-refractivity contribution in [2.45, 2.75) is 4.34 Å². The summed E-state index contributed by atoms with van der Waals surface area (Å²) in [6, 6.07) is 16.8. The molecule has 1 aromatic heterocycles. The second-order valence-electron chi connectivity index (χ2n) is 4.56. The molecule has 3 aromatic rings. The van der Waals surface area contributed by atoms with E-state index in [1.807, 2.05) is 30.3 Å². The number of ketones is 1. The SMILES string of the molecule is O=C(CSc1nnc(Nc2ccccc2)s1)c1ccccc1Cl. The van der Waals surface area contributed by atoms with Gasteiger partial charge in [-0.15, -0.1) is 10.2 Å². The number of hydrogen-bond acceptors (Lipinski definition) is 6. The van der Waals surface area contributed by atoms with E-state index in [-0.39, 0.29) is 11.5 Å². The van der Waals surface area contributed by atoms with Gasteiger partial charge in [0.05, 0.1) is 10.8 Å². The Labute approximate surface area is 146 Å². The molecule has 0 unspecified atom stereocenters. The van der Waals surface area contributed by atoms with E-state index in [1.165, 1.54) is 23.1 Å². The number of benzene rings is 2. The normalized spacial score (nSPS) is 10.5. The first kappa shape index (κ1) is 16.0. The first-order valence-electron chi connectivity index (χ1n) is 6.78. The molecular weight excluding hydrogens is 350 g/mol. The molecule has 0 saturated carbocycles. The number of carbonyl (C=O) groups is 1. The molecule has 2 aromatic carbocycles. The van der Waals surface area contributed by atoms with E-state index in [1.54, 1.807) is 24.3 Å². The van der Waals surface area contributed by atoms with Gasteiger partial charge in [0.1, 0.15) is 0 Å². The molecule has 0 amide bonds. The van der Waals surface area contributed by atoms with Gasteiger partial charge in [-0.1, -0.05) is 65.0 Å². The number of nitrogens with zero attached hydrogens (tertiary/aromatic N) is 2. The van der Waals surface area contributed by atoms with Crippen LogP contribution in [0.4, 0.5) is 10.8 Å². The van der Waals surface area contributed by atoms with Crippen molar-refractivity contribution in [3.8, 4) is 0 Å². The van der Waals surface area contributed by atoms with Gasteiger partial charge in [-0.2, -0.15) is 0 Å². The number of hydrogen-bond donors (Lipinski definition) is 1. The molecule has 0 atom stereocenters. The van der Waals surface area contributed by atoms with Gasteiger partial charge in [0, 0.05) is 11.3 Å². The number of aromatic nitrogens is 2. The Morgan fingerprint density at radius 1 is 1.09 bits per heavy atom. The molecule has 1 heterocycles. The third-order valence-electron chi connectivity index (χ3n) is 2.93. The maximum atomic E-state index is 12.2. The van der Waals surface area contributed by atoms with Crippen molar-refractivity contribution < 1.29 is 4.79 Å². The lowest BCUT2D eigenvalue weighted by Gasteiger charge is -2.01. The minimum Gasteiger partial charge on any atom is -0.330 e. The molecule has 7 heteroatoms. The molecule has 0 aliphatic heterocycles. The van der Waals surface area contributed by atoms with Crippen LogP contribution in [0.1, 0.15) is 10.4 Å². The molecule has 4 nitrogen and oxygen atoms in total. The Morgan fingerprint density at radius 2 is 1.83 bits per heavy atom. The van der Waals surface area contributed by atoms with Crippen molar-refractivity contribution in [3.63, 3.8) is 0 Å².